The van der Waals surface area contributed by atoms with E-state index < -0.39 is 0 Å². The minimum Gasteiger partial charge on any atom is -0.143 e. The van der Waals surface area contributed by atoms with Gasteiger partial charge in [-0.1, -0.05) is 13.8 Å². The minimum absolute atomic E-state index is 0.972. The number of thiol groups is 2. The fourth-order valence-electron chi connectivity index (χ4n) is 0.743. The Morgan fingerprint density at radius 2 is 1.27 bits per heavy atom. The highest BCUT2D eigenvalue weighted by atomic mass is 32.1. The van der Waals surface area contributed by atoms with Gasteiger partial charge in [0.15, 0.2) is 0 Å². The summed E-state index contributed by atoms with van der Waals surface area (Å²) >= 11 is 8.35. The smallest absolute Gasteiger partial charge is 0.00536 e. The second kappa shape index (κ2) is 5.56. The van der Waals surface area contributed by atoms with Crippen LogP contribution in [-0.4, -0.2) is 0 Å². The van der Waals surface area contributed by atoms with Crippen molar-refractivity contribution in [2.45, 2.75) is 30.6 Å². The fourth-order valence-corrected chi connectivity index (χ4v) is 1.53. The number of aryl methyl sites for hydroxylation is 1. The van der Waals surface area contributed by atoms with Crippen LogP contribution in [0.5, 0.6) is 0 Å². The van der Waals surface area contributed by atoms with Gasteiger partial charge >= 0.3 is 0 Å². The summed E-state index contributed by atoms with van der Waals surface area (Å²) in [5.41, 5.74) is 1.20. The van der Waals surface area contributed by atoms with E-state index >= 15 is 0 Å². The normalized spacial score (nSPS) is 8.45. The highest BCUT2D eigenvalue weighted by Gasteiger charge is 1.88. The van der Waals surface area contributed by atoms with Gasteiger partial charge in [-0.15, -0.1) is 25.3 Å². The van der Waals surface area contributed by atoms with Gasteiger partial charge in [-0.25, -0.2) is 0 Å². The minimum atomic E-state index is 0.972. The molecule has 0 heterocycles. The van der Waals surface area contributed by atoms with E-state index in [-0.39, 0.29) is 0 Å². The molecule has 0 aliphatic heterocycles. The van der Waals surface area contributed by atoms with Crippen LogP contribution in [0.2, 0.25) is 0 Å². The van der Waals surface area contributed by atoms with Crippen LogP contribution >= 0.6 is 25.3 Å². The lowest BCUT2D eigenvalue weighted by atomic mass is 10.2. The molecule has 0 amide bonds. The second-order valence-electron chi connectivity index (χ2n) is 2.03. The Kier molecular flexibility index (Phi) is 5.51. The Hall–Kier alpha value is -0.0800. The standard InChI is InChI=1S/C7H8S2.C2H6/c1-5-2-6(8)4-7(9)3-5;1-2/h2-4,8-9H,1H3;1-2H3. The van der Waals surface area contributed by atoms with Crippen molar-refractivity contribution in [1.29, 1.82) is 0 Å². The molecule has 0 aliphatic rings. The molecule has 62 valence electrons. The molecule has 0 nitrogen and oxygen atoms in total. The van der Waals surface area contributed by atoms with Crippen molar-refractivity contribution in [3.05, 3.63) is 23.8 Å². The van der Waals surface area contributed by atoms with E-state index in [1.54, 1.807) is 0 Å². The molecule has 0 atom stereocenters. The summed E-state index contributed by atoms with van der Waals surface area (Å²) in [7, 11) is 0. The lowest BCUT2D eigenvalue weighted by molar-refractivity contribution is 1.28. The van der Waals surface area contributed by atoms with E-state index in [0.717, 1.165) is 9.79 Å². The zero-order valence-electron chi connectivity index (χ0n) is 7.13. The van der Waals surface area contributed by atoms with Crippen LogP contribution in [0.1, 0.15) is 19.4 Å². The lowest BCUT2D eigenvalue weighted by Gasteiger charge is -1.95. The topological polar surface area (TPSA) is 0 Å². The second-order valence-corrected chi connectivity index (χ2v) is 3.06. The number of hydrogen-bond acceptors (Lipinski definition) is 2. The molecule has 0 bridgehead atoms. The molecule has 0 aromatic heterocycles. The van der Waals surface area contributed by atoms with E-state index in [1.165, 1.54) is 5.56 Å². The van der Waals surface area contributed by atoms with E-state index in [2.05, 4.69) is 25.3 Å². The molecule has 1 aromatic rings. The predicted octanol–water partition coefficient (Wildman–Crippen LogP) is 3.60. The van der Waals surface area contributed by atoms with Gasteiger partial charge in [-0.3, -0.25) is 0 Å². The van der Waals surface area contributed by atoms with Crippen LogP contribution in [0.25, 0.3) is 0 Å². The van der Waals surface area contributed by atoms with Crippen LogP contribution in [0.15, 0.2) is 28.0 Å². The quantitative estimate of drug-likeness (QED) is 0.568. The highest BCUT2D eigenvalue weighted by Crippen LogP contribution is 2.14. The van der Waals surface area contributed by atoms with E-state index in [9.17, 15) is 0 Å². The third kappa shape index (κ3) is 4.38. The van der Waals surface area contributed by atoms with E-state index in [4.69, 9.17) is 0 Å². The van der Waals surface area contributed by atoms with Gasteiger partial charge in [0.25, 0.3) is 0 Å². The van der Waals surface area contributed by atoms with Gasteiger partial charge in [0, 0.05) is 9.79 Å². The van der Waals surface area contributed by atoms with E-state index in [1.807, 2.05) is 39.0 Å². The Morgan fingerprint density at radius 1 is 0.909 bits per heavy atom. The molecule has 0 saturated heterocycles. The molecular weight excluding hydrogens is 172 g/mol. The third-order valence-corrected chi connectivity index (χ3v) is 1.56. The van der Waals surface area contributed by atoms with Crippen LogP contribution in [0.4, 0.5) is 0 Å². The maximum atomic E-state index is 4.17. The molecule has 11 heavy (non-hydrogen) atoms. The first-order valence-electron chi connectivity index (χ1n) is 3.68. The molecule has 0 radical (unpaired) electrons. The SMILES string of the molecule is CC.Cc1cc(S)cc(S)c1. The number of hydrogen-bond donors (Lipinski definition) is 2. The molecule has 0 aliphatic carbocycles. The summed E-state index contributed by atoms with van der Waals surface area (Å²) in [5, 5.41) is 0. The molecule has 0 unspecified atom stereocenters. The Bertz CT molecular complexity index is 168. The third-order valence-electron chi connectivity index (χ3n) is 1.05. The summed E-state index contributed by atoms with van der Waals surface area (Å²) < 4.78 is 0. The van der Waals surface area contributed by atoms with Crippen molar-refractivity contribution in [2.24, 2.45) is 0 Å². The van der Waals surface area contributed by atoms with Gasteiger partial charge in [-0.05, 0) is 30.7 Å². The van der Waals surface area contributed by atoms with Crippen LogP contribution in [0.3, 0.4) is 0 Å². The molecule has 2 heteroatoms. The van der Waals surface area contributed by atoms with Gasteiger partial charge in [0.05, 0.1) is 0 Å². The summed E-state index contributed by atoms with van der Waals surface area (Å²) in [6, 6.07) is 5.92. The first kappa shape index (κ1) is 10.9. The highest BCUT2D eigenvalue weighted by molar-refractivity contribution is 7.81. The Morgan fingerprint density at radius 3 is 1.55 bits per heavy atom. The van der Waals surface area contributed by atoms with Crippen molar-refractivity contribution >= 4 is 25.3 Å². The van der Waals surface area contributed by atoms with Crippen LogP contribution in [-0.2, 0) is 0 Å². The zero-order chi connectivity index (χ0) is 8.85. The maximum absolute atomic E-state index is 4.17. The van der Waals surface area contributed by atoms with Crippen molar-refractivity contribution in [3.8, 4) is 0 Å². The van der Waals surface area contributed by atoms with Gasteiger partial charge in [0.2, 0.25) is 0 Å². The summed E-state index contributed by atoms with van der Waals surface area (Å²) in [4.78, 5) is 1.94. The molecule has 0 spiro atoms. The van der Waals surface area contributed by atoms with Gasteiger partial charge in [-0.2, -0.15) is 0 Å². The molecule has 1 aromatic carbocycles. The monoisotopic (exact) mass is 186 g/mol. The van der Waals surface area contributed by atoms with Gasteiger partial charge in [0.1, 0.15) is 0 Å². The van der Waals surface area contributed by atoms with Crippen LogP contribution < -0.4 is 0 Å². The molecular formula is C9H14S2. The number of rotatable bonds is 0. The predicted molar refractivity (Wildman–Crippen MR) is 57.0 cm³/mol. The summed E-state index contributed by atoms with van der Waals surface area (Å²) in [6.45, 7) is 6.03. The van der Waals surface area contributed by atoms with Crippen molar-refractivity contribution in [2.75, 3.05) is 0 Å². The Balaban J connectivity index is 0.000000461. The molecule has 0 saturated carbocycles. The molecule has 0 fully saturated rings. The lowest BCUT2D eigenvalue weighted by Crippen LogP contribution is -1.72. The largest absolute Gasteiger partial charge is 0.143 e. The first-order chi connectivity index (χ1) is 5.18. The molecule has 0 N–H and O–H groups in total. The van der Waals surface area contributed by atoms with E-state index in [0.29, 0.717) is 0 Å². The van der Waals surface area contributed by atoms with Crippen molar-refractivity contribution in [1.82, 2.24) is 0 Å². The maximum Gasteiger partial charge on any atom is 0.00536 e. The van der Waals surface area contributed by atoms with Crippen molar-refractivity contribution < 1.29 is 0 Å². The molecule has 1 rings (SSSR count). The van der Waals surface area contributed by atoms with Crippen molar-refractivity contribution in [3.63, 3.8) is 0 Å². The Labute approximate surface area is 79.8 Å². The fraction of sp³-hybridized carbons (Fsp3) is 0.333. The zero-order valence-corrected chi connectivity index (χ0v) is 8.92. The van der Waals surface area contributed by atoms with Gasteiger partial charge < -0.3 is 0 Å². The summed E-state index contributed by atoms with van der Waals surface area (Å²) in [6.07, 6.45) is 0. The average Bonchev–Trinajstić information content (AvgIpc) is 1.88. The van der Waals surface area contributed by atoms with Crippen LogP contribution in [0, 0.1) is 6.92 Å². The summed E-state index contributed by atoms with van der Waals surface area (Å²) in [5.74, 6) is 0. The first-order valence-corrected chi connectivity index (χ1v) is 4.57. The average molecular weight is 186 g/mol. The number of benzene rings is 1.